The second-order valence-electron chi connectivity index (χ2n) is 6.19. The van der Waals surface area contributed by atoms with Crippen LogP contribution in [0.1, 0.15) is 44.0 Å². The van der Waals surface area contributed by atoms with Crippen LogP contribution in [-0.4, -0.2) is 26.9 Å². The maximum Gasteiger partial charge on any atom is 0.264 e. The molecule has 0 saturated heterocycles. The molecule has 26 heavy (non-hydrogen) atoms. The highest BCUT2D eigenvalue weighted by molar-refractivity contribution is 7.92. The summed E-state index contributed by atoms with van der Waals surface area (Å²) in [6.07, 6.45) is 1.92. The maximum absolute atomic E-state index is 12.8. The lowest BCUT2D eigenvalue weighted by molar-refractivity contribution is 0.0938. The van der Waals surface area contributed by atoms with Crippen molar-refractivity contribution in [2.24, 2.45) is 0 Å². The Hall–Kier alpha value is -2.34. The fraction of sp³-hybridized carbons (Fsp3) is 0.350. The van der Waals surface area contributed by atoms with Gasteiger partial charge in [0.05, 0.1) is 10.6 Å². The number of nitrogens with zero attached hydrogens (tertiary/aromatic N) is 1. The van der Waals surface area contributed by atoms with E-state index in [1.54, 1.807) is 61.5 Å². The SMILES string of the molecule is CCCC(C)NC(=O)c1ccc(N(CC)S(=O)(=O)c2ccccc2)cc1. The maximum atomic E-state index is 12.8. The van der Waals surface area contributed by atoms with Gasteiger partial charge in [-0.05, 0) is 56.7 Å². The molecule has 2 rings (SSSR count). The molecule has 0 aliphatic carbocycles. The van der Waals surface area contributed by atoms with Crippen LogP contribution >= 0.6 is 0 Å². The Bertz CT molecular complexity index is 818. The fourth-order valence-electron chi connectivity index (χ4n) is 2.80. The van der Waals surface area contributed by atoms with Gasteiger partial charge in [-0.25, -0.2) is 8.42 Å². The van der Waals surface area contributed by atoms with E-state index < -0.39 is 10.0 Å². The van der Waals surface area contributed by atoms with Crippen LogP contribution in [0, 0.1) is 0 Å². The average Bonchev–Trinajstić information content (AvgIpc) is 2.63. The van der Waals surface area contributed by atoms with E-state index in [9.17, 15) is 13.2 Å². The molecular weight excluding hydrogens is 348 g/mol. The number of nitrogens with one attached hydrogen (secondary N) is 1. The zero-order valence-corrected chi connectivity index (χ0v) is 16.3. The highest BCUT2D eigenvalue weighted by Gasteiger charge is 2.23. The fourth-order valence-corrected chi connectivity index (χ4v) is 4.30. The van der Waals surface area contributed by atoms with E-state index in [0.29, 0.717) is 17.8 Å². The molecule has 0 heterocycles. The van der Waals surface area contributed by atoms with Gasteiger partial charge < -0.3 is 5.32 Å². The number of carbonyl (C=O) groups is 1. The molecule has 2 aromatic carbocycles. The Morgan fingerprint density at radius 1 is 1.04 bits per heavy atom. The Morgan fingerprint density at radius 2 is 1.65 bits per heavy atom. The van der Waals surface area contributed by atoms with Gasteiger partial charge in [0, 0.05) is 18.2 Å². The summed E-state index contributed by atoms with van der Waals surface area (Å²) in [6, 6.07) is 15.1. The number of benzene rings is 2. The van der Waals surface area contributed by atoms with Crippen LogP contribution in [0.5, 0.6) is 0 Å². The van der Waals surface area contributed by atoms with Gasteiger partial charge >= 0.3 is 0 Å². The molecule has 0 bridgehead atoms. The van der Waals surface area contributed by atoms with Gasteiger partial charge in [0.2, 0.25) is 0 Å². The van der Waals surface area contributed by atoms with Crippen molar-refractivity contribution in [3.63, 3.8) is 0 Å². The average molecular weight is 375 g/mol. The first-order valence-corrected chi connectivity index (χ1v) is 10.3. The van der Waals surface area contributed by atoms with Crippen LogP contribution in [0.3, 0.4) is 0 Å². The Labute approximate surface area is 156 Å². The lowest BCUT2D eigenvalue weighted by Crippen LogP contribution is -2.32. The topological polar surface area (TPSA) is 66.5 Å². The molecule has 0 radical (unpaired) electrons. The summed E-state index contributed by atoms with van der Waals surface area (Å²) >= 11 is 0. The molecule has 1 amide bonds. The highest BCUT2D eigenvalue weighted by Crippen LogP contribution is 2.23. The third-order valence-corrected chi connectivity index (χ3v) is 6.05. The van der Waals surface area contributed by atoms with Gasteiger partial charge in [-0.15, -0.1) is 0 Å². The normalized spacial score (nSPS) is 12.4. The highest BCUT2D eigenvalue weighted by atomic mass is 32.2. The summed E-state index contributed by atoms with van der Waals surface area (Å²) in [5.74, 6) is -0.147. The smallest absolute Gasteiger partial charge is 0.264 e. The molecule has 1 atom stereocenters. The van der Waals surface area contributed by atoms with E-state index in [0.717, 1.165) is 12.8 Å². The van der Waals surface area contributed by atoms with Crippen LogP contribution in [0.25, 0.3) is 0 Å². The molecule has 140 valence electrons. The first-order chi connectivity index (χ1) is 12.4. The van der Waals surface area contributed by atoms with Gasteiger partial charge in [0.15, 0.2) is 0 Å². The molecular formula is C20H26N2O3S. The van der Waals surface area contributed by atoms with Gasteiger partial charge in [-0.2, -0.15) is 0 Å². The van der Waals surface area contributed by atoms with Gasteiger partial charge in [-0.1, -0.05) is 31.5 Å². The number of hydrogen-bond donors (Lipinski definition) is 1. The summed E-state index contributed by atoms with van der Waals surface area (Å²) in [5.41, 5.74) is 1.05. The molecule has 2 aromatic rings. The van der Waals surface area contributed by atoms with E-state index in [1.807, 2.05) is 6.92 Å². The van der Waals surface area contributed by atoms with Crippen LogP contribution in [0.2, 0.25) is 0 Å². The quantitative estimate of drug-likeness (QED) is 0.764. The summed E-state index contributed by atoms with van der Waals surface area (Å²) in [7, 11) is -3.63. The first-order valence-electron chi connectivity index (χ1n) is 8.88. The standard InChI is InChI=1S/C20H26N2O3S/c1-4-9-16(3)21-20(23)17-12-14-18(15-13-17)22(5-2)26(24,25)19-10-7-6-8-11-19/h6-8,10-16H,4-5,9H2,1-3H3,(H,21,23). The summed E-state index contributed by atoms with van der Waals surface area (Å²) in [5, 5.41) is 2.95. The molecule has 0 saturated carbocycles. The van der Waals surface area contributed by atoms with E-state index >= 15 is 0 Å². The van der Waals surface area contributed by atoms with Gasteiger partial charge in [0.25, 0.3) is 15.9 Å². The van der Waals surface area contributed by atoms with Crippen LogP contribution in [0.4, 0.5) is 5.69 Å². The minimum Gasteiger partial charge on any atom is -0.350 e. The Morgan fingerprint density at radius 3 is 2.19 bits per heavy atom. The van der Waals surface area contributed by atoms with Crippen molar-refractivity contribution in [3.05, 3.63) is 60.2 Å². The summed E-state index contributed by atoms with van der Waals surface area (Å²) in [6.45, 7) is 6.13. The zero-order chi connectivity index (χ0) is 19.2. The molecule has 0 fully saturated rings. The number of carbonyl (C=O) groups excluding carboxylic acids is 1. The third kappa shape index (κ3) is 4.64. The molecule has 6 heteroatoms. The van der Waals surface area contributed by atoms with E-state index in [-0.39, 0.29) is 16.8 Å². The number of amides is 1. The summed E-state index contributed by atoms with van der Waals surface area (Å²) < 4.78 is 27.0. The number of anilines is 1. The van der Waals surface area contributed by atoms with Crippen molar-refractivity contribution in [2.45, 2.75) is 44.6 Å². The zero-order valence-electron chi connectivity index (χ0n) is 15.5. The number of sulfonamides is 1. The lowest BCUT2D eigenvalue weighted by Gasteiger charge is -2.23. The van der Waals surface area contributed by atoms with E-state index in [2.05, 4.69) is 12.2 Å². The van der Waals surface area contributed by atoms with E-state index in [4.69, 9.17) is 0 Å². The lowest BCUT2D eigenvalue weighted by atomic mass is 10.1. The first kappa shape index (κ1) is 20.0. The van der Waals surface area contributed by atoms with Crippen molar-refractivity contribution >= 4 is 21.6 Å². The van der Waals surface area contributed by atoms with Crippen molar-refractivity contribution in [3.8, 4) is 0 Å². The van der Waals surface area contributed by atoms with Gasteiger partial charge in [-0.3, -0.25) is 9.10 Å². The monoisotopic (exact) mass is 374 g/mol. The van der Waals surface area contributed by atoms with Crippen molar-refractivity contribution in [2.75, 3.05) is 10.8 Å². The van der Waals surface area contributed by atoms with Gasteiger partial charge in [0.1, 0.15) is 0 Å². The molecule has 1 N–H and O–H groups in total. The molecule has 0 spiro atoms. The number of rotatable bonds is 8. The third-order valence-electron chi connectivity index (χ3n) is 4.14. The second-order valence-corrected chi connectivity index (χ2v) is 8.06. The van der Waals surface area contributed by atoms with Crippen LogP contribution in [0.15, 0.2) is 59.5 Å². The predicted octanol–water partition coefficient (Wildman–Crippen LogP) is 3.82. The van der Waals surface area contributed by atoms with Crippen LogP contribution < -0.4 is 9.62 Å². The Kier molecular flexibility index (Phi) is 6.80. The van der Waals surface area contributed by atoms with Crippen molar-refractivity contribution in [1.82, 2.24) is 5.32 Å². The molecule has 0 aliphatic rings. The largest absolute Gasteiger partial charge is 0.350 e. The second kappa shape index (κ2) is 8.85. The molecule has 0 aromatic heterocycles. The minimum absolute atomic E-state index is 0.109. The predicted molar refractivity (Wildman–Crippen MR) is 105 cm³/mol. The molecule has 5 nitrogen and oxygen atoms in total. The number of hydrogen-bond acceptors (Lipinski definition) is 3. The summed E-state index contributed by atoms with van der Waals surface area (Å²) in [4.78, 5) is 12.5. The molecule has 0 aliphatic heterocycles. The molecule has 1 unspecified atom stereocenters. The van der Waals surface area contributed by atoms with Crippen LogP contribution in [-0.2, 0) is 10.0 Å². The minimum atomic E-state index is -3.63. The van der Waals surface area contributed by atoms with Crippen molar-refractivity contribution < 1.29 is 13.2 Å². The Balaban J connectivity index is 2.21. The van der Waals surface area contributed by atoms with E-state index in [1.165, 1.54) is 4.31 Å². The van der Waals surface area contributed by atoms with Crippen molar-refractivity contribution in [1.29, 1.82) is 0 Å².